The Labute approximate surface area is 212 Å². The molecule has 0 bridgehead atoms. The second kappa shape index (κ2) is 11.2. The molecule has 7 nitrogen and oxygen atoms in total. The van der Waals surface area contributed by atoms with Crippen LogP contribution in [0.15, 0.2) is 59.6 Å². The number of nitrogens with one attached hydrogen (secondary N) is 2. The molecular formula is C25H24Cl2FN5O2. The molecule has 0 spiro atoms. The van der Waals surface area contributed by atoms with Crippen molar-refractivity contribution >= 4 is 57.9 Å². The van der Waals surface area contributed by atoms with E-state index in [-0.39, 0.29) is 27.7 Å². The highest BCUT2D eigenvalue weighted by Gasteiger charge is 2.22. The zero-order valence-electron chi connectivity index (χ0n) is 19.3. The molecule has 2 amide bonds. The molecule has 0 radical (unpaired) electrons. The molecule has 10 heteroatoms. The molecule has 35 heavy (non-hydrogen) atoms. The molecule has 182 valence electrons. The Hall–Kier alpha value is -3.62. The third kappa shape index (κ3) is 6.29. The predicted molar refractivity (Wildman–Crippen MR) is 141 cm³/mol. The van der Waals surface area contributed by atoms with Crippen molar-refractivity contribution in [2.24, 2.45) is 10.7 Å². The van der Waals surface area contributed by atoms with Crippen molar-refractivity contribution in [1.82, 2.24) is 0 Å². The van der Waals surface area contributed by atoms with Gasteiger partial charge in [-0.15, -0.1) is 0 Å². The lowest BCUT2D eigenvalue weighted by atomic mass is 10.1. The largest absolute Gasteiger partial charge is 0.384 e. The van der Waals surface area contributed by atoms with Crippen LogP contribution in [0.3, 0.4) is 0 Å². The quantitative estimate of drug-likeness (QED) is 0.288. The highest BCUT2D eigenvalue weighted by molar-refractivity contribution is 6.32. The molecule has 0 saturated heterocycles. The fourth-order valence-electron chi connectivity index (χ4n) is 3.29. The normalized spacial score (nSPS) is 11.2. The van der Waals surface area contributed by atoms with E-state index in [0.717, 1.165) is 6.07 Å². The summed E-state index contributed by atoms with van der Waals surface area (Å²) in [6.45, 7) is 2.25. The predicted octanol–water partition coefficient (Wildman–Crippen LogP) is 5.43. The summed E-state index contributed by atoms with van der Waals surface area (Å²) in [5, 5.41) is 6.22. The molecule has 0 unspecified atom stereocenters. The number of halogens is 3. The molecule has 0 fully saturated rings. The summed E-state index contributed by atoms with van der Waals surface area (Å²) in [5.74, 6) is -1.87. The summed E-state index contributed by atoms with van der Waals surface area (Å²) >= 11 is 12.2. The van der Waals surface area contributed by atoms with E-state index in [1.165, 1.54) is 18.2 Å². The maximum atomic E-state index is 14.8. The van der Waals surface area contributed by atoms with Gasteiger partial charge in [0.15, 0.2) is 0 Å². The van der Waals surface area contributed by atoms with Gasteiger partial charge in [0.1, 0.15) is 11.7 Å². The van der Waals surface area contributed by atoms with Crippen LogP contribution in [0.4, 0.5) is 21.5 Å². The van der Waals surface area contributed by atoms with E-state index >= 15 is 0 Å². The second-order valence-corrected chi connectivity index (χ2v) is 8.58. The number of hydrogen-bond donors (Lipinski definition) is 3. The lowest BCUT2D eigenvalue weighted by Gasteiger charge is -2.21. The van der Waals surface area contributed by atoms with Crippen LogP contribution in [0.5, 0.6) is 0 Å². The topological polar surface area (TPSA) is 99.8 Å². The average Bonchev–Trinajstić information content (AvgIpc) is 2.81. The lowest BCUT2D eigenvalue weighted by molar-refractivity contribution is 0.102. The Bertz CT molecular complexity index is 1290. The van der Waals surface area contributed by atoms with Gasteiger partial charge in [-0.3, -0.25) is 14.6 Å². The zero-order chi connectivity index (χ0) is 25.7. The van der Waals surface area contributed by atoms with Gasteiger partial charge in [0.2, 0.25) is 0 Å². The van der Waals surface area contributed by atoms with Gasteiger partial charge >= 0.3 is 0 Å². The smallest absolute Gasteiger partial charge is 0.258 e. The van der Waals surface area contributed by atoms with E-state index in [9.17, 15) is 14.0 Å². The SMILES string of the molecule is CCN=C(N)c1ccc(C(=O)Nc2c(C(=O)Nc3ccc(Cl)cc3)cc(Cl)cc2N(C)C)c(F)c1. The number of amides is 2. The molecule has 0 saturated carbocycles. The van der Waals surface area contributed by atoms with E-state index in [1.54, 1.807) is 56.3 Å². The molecule has 0 aliphatic rings. The van der Waals surface area contributed by atoms with Crippen LogP contribution < -0.4 is 21.3 Å². The molecule has 0 atom stereocenters. The molecule has 3 rings (SSSR count). The Morgan fingerprint density at radius 2 is 1.60 bits per heavy atom. The van der Waals surface area contributed by atoms with Crippen molar-refractivity contribution in [3.8, 4) is 0 Å². The van der Waals surface area contributed by atoms with Crippen LogP contribution in [0.25, 0.3) is 0 Å². The number of aliphatic imine (C=N–C) groups is 1. The van der Waals surface area contributed by atoms with Crippen LogP contribution in [0, 0.1) is 5.82 Å². The first-order chi connectivity index (χ1) is 16.6. The van der Waals surface area contributed by atoms with Gasteiger partial charge in [0.05, 0.1) is 22.5 Å². The summed E-state index contributed by atoms with van der Waals surface area (Å²) in [6, 6.07) is 13.5. The number of carbonyl (C=O) groups is 2. The first kappa shape index (κ1) is 26.0. The molecule has 0 aromatic heterocycles. The van der Waals surface area contributed by atoms with Gasteiger partial charge in [0.25, 0.3) is 11.8 Å². The zero-order valence-corrected chi connectivity index (χ0v) is 20.8. The molecule has 0 aliphatic carbocycles. The highest BCUT2D eigenvalue weighted by Crippen LogP contribution is 2.34. The van der Waals surface area contributed by atoms with E-state index in [1.807, 2.05) is 0 Å². The third-order valence-corrected chi connectivity index (χ3v) is 5.46. The van der Waals surface area contributed by atoms with E-state index in [4.69, 9.17) is 28.9 Å². The fraction of sp³-hybridized carbons (Fsp3) is 0.160. The van der Waals surface area contributed by atoms with Crippen LogP contribution in [0.1, 0.15) is 33.2 Å². The summed E-state index contributed by atoms with van der Waals surface area (Å²) in [6.07, 6.45) is 0. The van der Waals surface area contributed by atoms with Crippen LogP contribution in [-0.4, -0.2) is 38.3 Å². The summed E-state index contributed by atoms with van der Waals surface area (Å²) in [7, 11) is 3.46. The minimum atomic E-state index is -0.776. The molecule has 3 aromatic rings. The fourth-order valence-corrected chi connectivity index (χ4v) is 3.63. The van der Waals surface area contributed by atoms with Crippen molar-refractivity contribution in [3.05, 3.63) is 87.2 Å². The third-order valence-electron chi connectivity index (χ3n) is 4.99. The van der Waals surface area contributed by atoms with Crippen molar-refractivity contribution < 1.29 is 14.0 Å². The van der Waals surface area contributed by atoms with Gasteiger partial charge in [-0.25, -0.2) is 4.39 Å². The summed E-state index contributed by atoms with van der Waals surface area (Å²) < 4.78 is 14.8. The maximum Gasteiger partial charge on any atom is 0.258 e. The van der Waals surface area contributed by atoms with Gasteiger partial charge in [-0.1, -0.05) is 29.3 Å². The van der Waals surface area contributed by atoms with Crippen molar-refractivity contribution in [3.63, 3.8) is 0 Å². The number of benzene rings is 3. The lowest BCUT2D eigenvalue weighted by Crippen LogP contribution is -2.23. The number of hydrogen-bond acceptors (Lipinski definition) is 4. The Balaban J connectivity index is 1.98. The van der Waals surface area contributed by atoms with Gasteiger partial charge in [-0.05, 0) is 55.5 Å². The van der Waals surface area contributed by atoms with Gasteiger partial charge in [-0.2, -0.15) is 0 Å². The second-order valence-electron chi connectivity index (χ2n) is 7.71. The monoisotopic (exact) mass is 515 g/mol. The van der Waals surface area contributed by atoms with E-state index in [2.05, 4.69) is 15.6 Å². The van der Waals surface area contributed by atoms with Crippen molar-refractivity contribution in [2.75, 3.05) is 36.2 Å². The average molecular weight is 516 g/mol. The maximum absolute atomic E-state index is 14.8. The van der Waals surface area contributed by atoms with E-state index < -0.39 is 17.6 Å². The minimum Gasteiger partial charge on any atom is -0.384 e. The first-order valence-corrected chi connectivity index (χ1v) is 11.3. The minimum absolute atomic E-state index is 0.0980. The highest BCUT2D eigenvalue weighted by atomic mass is 35.5. The number of nitrogens with two attached hydrogens (primary N) is 1. The number of rotatable bonds is 7. The van der Waals surface area contributed by atoms with Gasteiger partial charge < -0.3 is 21.3 Å². The molecular weight excluding hydrogens is 492 g/mol. The Morgan fingerprint density at radius 1 is 0.943 bits per heavy atom. The molecule has 0 aliphatic heterocycles. The van der Waals surface area contributed by atoms with Crippen LogP contribution in [0.2, 0.25) is 10.0 Å². The first-order valence-electron chi connectivity index (χ1n) is 10.6. The van der Waals surface area contributed by atoms with Gasteiger partial charge in [0, 0.05) is 41.9 Å². The summed E-state index contributed by atoms with van der Waals surface area (Å²) in [5.41, 5.74) is 7.20. The molecule has 0 heterocycles. The Kier molecular flexibility index (Phi) is 8.32. The van der Waals surface area contributed by atoms with Crippen molar-refractivity contribution in [1.29, 1.82) is 0 Å². The standard InChI is InChI=1S/C25H24Cl2FN5O2/c1-4-30-23(29)14-5-10-18(20(28)11-14)24(34)32-22-19(12-16(27)13-21(22)33(2)3)25(35)31-17-8-6-15(26)7-9-17/h5-13H,4H2,1-3H3,(H2,29,30)(H,31,35)(H,32,34). The molecule has 3 aromatic carbocycles. The number of anilines is 3. The number of amidine groups is 1. The number of carbonyl (C=O) groups excluding carboxylic acids is 2. The van der Waals surface area contributed by atoms with E-state index in [0.29, 0.717) is 28.5 Å². The van der Waals surface area contributed by atoms with Crippen LogP contribution >= 0.6 is 23.2 Å². The summed E-state index contributed by atoms with van der Waals surface area (Å²) in [4.78, 5) is 31.9. The van der Waals surface area contributed by atoms with Crippen molar-refractivity contribution in [2.45, 2.75) is 6.92 Å². The van der Waals surface area contributed by atoms with Crippen LogP contribution in [-0.2, 0) is 0 Å². The Morgan fingerprint density at radius 3 is 2.20 bits per heavy atom. The number of nitrogens with zero attached hydrogens (tertiary/aromatic N) is 2. The molecule has 4 N–H and O–H groups in total.